The molecule has 0 saturated carbocycles. The van der Waals surface area contributed by atoms with Crippen LogP contribution < -0.4 is 0 Å². The molecule has 0 aromatic heterocycles. The molecule has 0 fully saturated rings. The van der Waals surface area contributed by atoms with Crippen molar-refractivity contribution in [1.82, 2.24) is 0 Å². The number of carbonyl (C=O) groups is 1. The van der Waals surface area contributed by atoms with Crippen molar-refractivity contribution in [3.05, 3.63) is 0 Å². The predicted molar refractivity (Wildman–Crippen MR) is 57.4 cm³/mol. The lowest BCUT2D eigenvalue weighted by Gasteiger charge is -2.02. The van der Waals surface area contributed by atoms with E-state index in [0.717, 1.165) is 6.42 Å². The van der Waals surface area contributed by atoms with Crippen LogP contribution >= 0.6 is 0 Å². The van der Waals surface area contributed by atoms with Gasteiger partial charge in [0.05, 0.1) is 0 Å². The Morgan fingerprint density at radius 3 is 1.58 bits per heavy atom. The quantitative estimate of drug-likeness (QED) is 0.630. The van der Waals surface area contributed by atoms with E-state index in [1.54, 1.807) is 0 Å². The zero-order valence-corrected chi connectivity index (χ0v) is 8.61. The van der Waals surface area contributed by atoms with E-state index in [4.69, 9.17) is 0 Å². The Morgan fingerprint density at radius 2 is 1.50 bits per heavy atom. The Labute approximate surface area is 78.6 Å². The van der Waals surface area contributed by atoms with Crippen molar-refractivity contribution in [3.63, 3.8) is 0 Å². The van der Waals surface area contributed by atoms with Gasteiger partial charge in [-0.05, 0) is 6.42 Å². The van der Waals surface area contributed by atoms with E-state index >= 15 is 0 Å². The molecule has 0 aromatic carbocycles. The lowest BCUT2D eigenvalue weighted by atomic mass is 10.0. The van der Waals surface area contributed by atoms with Crippen LogP contribution in [0.1, 0.15) is 61.3 Å². The third-order valence-corrected chi connectivity index (χ3v) is 1.51. The van der Waals surface area contributed by atoms with Gasteiger partial charge in [-0.3, -0.25) is 4.79 Å². The Hall–Kier alpha value is -0.330. The fraction of sp³-hybridized carbons (Fsp3) is 0.909. The maximum atomic E-state index is 10.7. The molecule has 0 saturated heterocycles. The summed E-state index contributed by atoms with van der Waals surface area (Å²) in [7, 11) is 0. The van der Waals surface area contributed by atoms with E-state index in [2.05, 4.69) is 13.8 Å². The molecule has 0 aliphatic carbocycles. The van der Waals surface area contributed by atoms with E-state index in [9.17, 15) is 4.79 Å². The van der Waals surface area contributed by atoms with Gasteiger partial charge in [0.25, 0.3) is 0 Å². The first-order valence-electron chi connectivity index (χ1n) is 4.66. The summed E-state index contributed by atoms with van der Waals surface area (Å²) in [4.78, 5) is 10.7. The summed E-state index contributed by atoms with van der Waals surface area (Å²) in [6.07, 6.45) is 2.92. The molecule has 1 unspecified atom stereocenters. The highest BCUT2D eigenvalue weighted by atomic mass is 16.1. The lowest BCUT2D eigenvalue weighted by molar-refractivity contribution is -0.122. The number of ketones is 1. The third kappa shape index (κ3) is 12.4. The molecule has 0 spiro atoms. The first-order chi connectivity index (χ1) is 5.13. The van der Waals surface area contributed by atoms with E-state index < -0.39 is 0 Å². The van der Waals surface area contributed by atoms with Gasteiger partial charge in [-0.15, -0.1) is 0 Å². The summed E-state index contributed by atoms with van der Waals surface area (Å²) >= 11 is 0. The van der Waals surface area contributed by atoms with Crippen molar-refractivity contribution in [2.24, 2.45) is 5.92 Å². The highest BCUT2D eigenvalue weighted by Gasteiger charge is 2.05. The molecule has 76 valence electrons. The van der Waals surface area contributed by atoms with Crippen molar-refractivity contribution in [3.8, 4) is 0 Å². The lowest BCUT2D eigenvalue weighted by Crippen LogP contribution is -2.06. The molecule has 0 heterocycles. The largest absolute Gasteiger partial charge is 0.299 e. The molecule has 1 nitrogen and oxygen atoms in total. The predicted octanol–water partition coefficient (Wildman–Crippen LogP) is 4.06. The number of carbonyl (C=O) groups excluding carboxylic acids is 1. The fourth-order valence-electron chi connectivity index (χ4n) is 0.576. The Bertz CT molecular complexity index is 87.0. The topological polar surface area (TPSA) is 17.1 Å². The highest BCUT2D eigenvalue weighted by Crippen LogP contribution is 2.03. The van der Waals surface area contributed by atoms with Gasteiger partial charge in [-0.1, -0.05) is 48.5 Å². The van der Waals surface area contributed by atoms with Crippen LogP contribution in [0.2, 0.25) is 0 Å². The van der Waals surface area contributed by atoms with Crippen molar-refractivity contribution in [2.45, 2.75) is 61.3 Å². The second-order valence-corrected chi connectivity index (χ2v) is 2.84. The summed E-state index contributed by atoms with van der Waals surface area (Å²) in [6, 6.07) is 0. The monoisotopic (exact) mass is 174 g/mol. The van der Waals surface area contributed by atoms with E-state index in [-0.39, 0.29) is 13.3 Å². The standard InChI is InChI=1S/C7H14O.C3H8.CH4/c1-4-6(3)7(8)5-2;1-3-2;/h6H,4-5H2,1-3H3;3H2,1-2H3;1H4. The van der Waals surface area contributed by atoms with Crippen LogP contribution in [0.3, 0.4) is 0 Å². The molecule has 0 aliphatic rings. The molecule has 0 aromatic rings. The molecule has 0 amide bonds. The molecule has 0 N–H and O–H groups in total. The first kappa shape index (κ1) is 17.7. The van der Waals surface area contributed by atoms with Crippen LogP contribution in [0.4, 0.5) is 0 Å². The zero-order valence-electron chi connectivity index (χ0n) is 8.61. The number of Topliss-reactive ketones (excluding diaryl/α,β-unsaturated/α-hetero) is 1. The van der Waals surface area contributed by atoms with Crippen LogP contribution in [0, 0.1) is 5.92 Å². The summed E-state index contributed by atoms with van der Waals surface area (Å²) in [5, 5.41) is 0. The van der Waals surface area contributed by atoms with Crippen LogP contribution in [0.5, 0.6) is 0 Å². The molecular formula is C11H26O. The average Bonchev–Trinajstić information content (AvgIpc) is 2.03. The van der Waals surface area contributed by atoms with Crippen LogP contribution in [0.15, 0.2) is 0 Å². The minimum absolute atomic E-state index is 0. The number of hydrogen-bond acceptors (Lipinski definition) is 1. The number of rotatable bonds is 3. The zero-order chi connectivity index (χ0) is 9.28. The molecule has 1 atom stereocenters. The smallest absolute Gasteiger partial charge is 0.135 e. The van der Waals surface area contributed by atoms with Crippen molar-refractivity contribution in [1.29, 1.82) is 0 Å². The van der Waals surface area contributed by atoms with E-state index in [0.29, 0.717) is 12.2 Å². The van der Waals surface area contributed by atoms with Gasteiger partial charge in [0.1, 0.15) is 5.78 Å². The molecule has 0 radical (unpaired) electrons. The van der Waals surface area contributed by atoms with Crippen molar-refractivity contribution >= 4 is 5.78 Å². The summed E-state index contributed by atoms with van der Waals surface area (Å²) in [6.45, 7) is 10.2. The van der Waals surface area contributed by atoms with Gasteiger partial charge in [0, 0.05) is 12.3 Å². The van der Waals surface area contributed by atoms with Gasteiger partial charge in [-0.2, -0.15) is 0 Å². The summed E-state index contributed by atoms with van der Waals surface area (Å²) in [5.41, 5.74) is 0. The summed E-state index contributed by atoms with van der Waals surface area (Å²) < 4.78 is 0. The second-order valence-electron chi connectivity index (χ2n) is 2.84. The summed E-state index contributed by atoms with van der Waals surface area (Å²) in [5.74, 6) is 0.660. The van der Waals surface area contributed by atoms with Gasteiger partial charge in [-0.25, -0.2) is 0 Å². The van der Waals surface area contributed by atoms with Gasteiger partial charge >= 0.3 is 0 Å². The minimum atomic E-state index is 0. The van der Waals surface area contributed by atoms with Crippen LogP contribution in [-0.2, 0) is 4.79 Å². The maximum Gasteiger partial charge on any atom is 0.135 e. The van der Waals surface area contributed by atoms with Crippen molar-refractivity contribution < 1.29 is 4.79 Å². The molecule has 12 heavy (non-hydrogen) atoms. The molecule has 0 rings (SSSR count). The third-order valence-electron chi connectivity index (χ3n) is 1.51. The first-order valence-corrected chi connectivity index (χ1v) is 4.66. The minimum Gasteiger partial charge on any atom is -0.299 e. The van der Waals surface area contributed by atoms with Crippen LogP contribution in [-0.4, -0.2) is 5.78 Å². The fourth-order valence-corrected chi connectivity index (χ4v) is 0.576. The van der Waals surface area contributed by atoms with E-state index in [1.165, 1.54) is 6.42 Å². The van der Waals surface area contributed by atoms with Gasteiger partial charge < -0.3 is 0 Å². The second kappa shape index (κ2) is 13.3. The Morgan fingerprint density at radius 1 is 1.17 bits per heavy atom. The molecular weight excluding hydrogens is 148 g/mol. The van der Waals surface area contributed by atoms with E-state index in [1.807, 2.05) is 20.8 Å². The highest BCUT2D eigenvalue weighted by molar-refractivity contribution is 5.80. The van der Waals surface area contributed by atoms with Crippen molar-refractivity contribution in [2.75, 3.05) is 0 Å². The Kier molecular flexibility index (Phi) is 19.6. The average molecular weight is 174 g/mol. The normalized spacial score (nSPS) is 10.4. The number of hydrogen-bond donors (Lipinski definition) is 0. The van der Waals surface area contributed by atoms with Gasteiger partial charge in [0.2, 0.25) is 0 Å². The maximum absolute atomic E-state index is 10.7. The van der Waals surface area contributed by atoms with Crippen LogP contribution in [0.25, 0.3) is 0 Å². The molecule has 1 heteroatoms. The molecule has 0 bridgehead atoms. The SMILES string of the molecule is C.CCC.CCC(=O)C(C)CC. The Balaban J connectivity index is -0.000000177. The molecule has 0 aliphatic heterocycles. The van der Waals surface area contributed by atoms with Gasteiger partial charge in [0.15, 0.2) is 0 Å².